The Labute approximate surface area is 141 Å². The van der Waals surface area contributed by atoms with Gasteiger partial charge in [-0.15, -0.1) is 11.3 Å². The number of nitrogens with zero attached hydrogens (tertiary/aromatic N) is 2. The molecule has 1 aliphatic heterocycles. The third kappa shape index (κ3) is 3.21. The van der Waals surface area contributed by atoms with Gasteiger partial charge in [-0.2, -0.15) is 0 Å². The lowest BCUT2D eigenvalue weighted by atomic mass is 10.00. The molecule has 1 aliphatic rings. The van der Waals surface area contributed by atoms with Crippen LogP contribution < -0.4 is 0 Å². The van der Waals surface area contributed by atoms with E-state index in [2.05, 4.69) is 65.7 Å². The molecule has 4 rings (SSSR count). The second-order valence-corrected chi connectivity index (χ2v) is 7.10. The van der Waals surface area contributed by atoms with Crippen LogP contribution in [0.5, 0.6) is 0 Å². The molecule has 0 aliphatic carbocycles. The summed E-state index contributed by atoms with van der Waals surface area (Å²) in [5.41, 5.74) is 6.67. The van der Waals surface area contributed by atoms with E-state index in [-0.39, 0.29) is 0 Å². The summed E-state index contributed by atoms with van der Waals surface area (Å²) in [5.74, 6) is 0. The largest absolute Gasteiger partial charge is 0.293 e. The van der Waals surface area contributed by atoms with Crippen LogP contribution in [0.15, 0.2) is 53.9 Å². The van der Waals surface area contributed by atoms with Crippen molar-refractivity contribution in [3.63, 3.8) is 0 Å². The van der Waals surface area contributed by atoms with Gasteiger partial charge in [0.05, 0.1) is 5.69 Å². The SMILES string of the molecule is Cc1cccc(-c2nc(CN3CCc4ccccc4C3)cs2)c1. The lowest BCUT2D eigenvalue weighted by Gasteiger charge is -2.27. The normalized spacial score (nSPS) is 14.7. The summed E-state index contributed by atoms with van der Waals surface area (Å²) in [7, 11) is 0. The number of fused-ring (bicyclic) bond motifs is 1. The molecule has 2 nitrogen and oxygen atoms in total. The number of hydrogen-bond donors (Lipinski definition) is 0. The third-order valence-electron chi connectivity index (χ3n) is 4.41. The summed E-state index contributed by atoms with van der Waals surface area (Å²) in [6.07, 6.45) is 1.14. The molecule has 0 bridgehead atoms. The van der Waals surface area contributed by atoms with Crippen molar-refractivity contribution in [2.75, 3.05) is 6.54 Å². The fourth-order valence-electron chi connectivity index (χ4n) is 3.21. The van der Waals surface area contributed by atoms with Crippen LogP contribution >= 0.6 is 11.3 Å². The van der Waals surface area contributed by atoms with E-state index in [0.29, 0.717) is 0 Å². The maximum absolute atomic E-state index is 4.85. The molecular formula is C20H20N2S. The quantitative estimate of drug-likeness (QED) is 0.697. The van der Waals surface area contributed by atoms with Crippen molar-refractivity contribution in [2.24, 2.45) is 0 Å². The van der Waals surface area contributed by atoms with Gasteiger partial charge in [0.1, 0.15) is 5.01 Å². The Morgan fingerprint density at radius 1 is 1.09 bits per heavy atom. The van der Waals surface area contributed by atoms with Gasteiger partial charge >= 0.3 is 0 Å². The molecule has 0 atom stereocenters. The summed E-state index contributed by atoms with van der Waals surface area (Å²) in [4.78, 5) is 7.35. The maximum atomic E-state index is 4.85. The van der Waals surface area contributed by atoms with E-state index < -0.39 is 0 Å². The highest BCUT2D eigenvalue weighted by Crippen LogP contribution is 2.26. The zero-order chi connectivity index (χ0) is 15.6. The molecule has 0 N–H and O–H groups in total. The van der Waals surface area contributed by atoms with E-state index in [1.54, 1.807) is 11.3 Å². The standard InChI is InChI=1S/C20H20N2S/c1-15-5-4-8-17(11-15)20-21-19(14-23-20)13-22-10-9-16-6-2-3-7-18(16)12-22/h2-8,11,14H,9-10,12-13H2,1H3. The minimum absolute atomic E-state index is 0.941. The molecule has 0 amide bonds. The van der Waals surface area contributed by atoms with E-state index in [4.69, 9.17) is 4.98 Å². The monoisotopic (exact) mass is 320 g/mol. The van der Waals surface area contributed by atoms with Crippen LogP contribution in [-0.2, 0) is 19.5 Å². The predicted molar refractivity (Wildman–Crippen MR) is 96.5 cm³/mol. The molecule has 3 heteroatoms. The van der Waals surface area contributed by atoms with Gasteiger partial charge in [0.15, 0.2) is 0 Å². The summed E-state index contributed by atoms with van der Waals surface area (Å²) in [6.45, 7) is 5.22. The Kier molecular flexibility index (Phi) is 3.98. The van der Waals surface area contributed by atoms with Crippen molar-refractivity contribution in [1.82, 2.24) is 9.88 Å². The van der Waals surface area contributed by atoms with Crippen LogP contribution in [-0.4, -0.2) is 16.4 Å². The van der Waals surface area contributed by atoms with Crippen molar-refractivity contribution in [1.29, 1.82) is 0 Å². The van der Waals surface area contributed by atoms with Gasteiger partial charge in [-0.3, -0.25) is 4.90 Å². The predicted octanol–water partition coefficient (Wildman–Crippen LogP) is 4.68. The van der Waals surface area contributed by atoms with Gasteiger partial charge < -0.3 is 0 Å². The maximum Gasteiger partial charge on any atom is 0.123 e. The molecule has 0 radical (unpaired) electrons. The van der Waals surface area contributed by atoms with E-state index in [1.807, 2.05) is 0 Å². The highest BCUT2D eigenvalue weighted by atomic mass is 32.1. The van der Waals surface area contributed by atoms with E-state index in [0.717, 1.165) is 31.1 Å². The average molecular weight is 320 g/mol. The number of hydrogen-bond acceptors (Lipinski definition) is 3. The van der Waals surface area contributed by atoms with Crippen LogP contribution in [0.4, 0.5) is 0 Å². The third-order valence-corrected chi connectivity index (χ3v) is 5.35. The highest BCUT2D eigenvalue weighted by Gasteiger charge is 2.17. The summed E-state index contributed by atoms with van der Waals surface area (Å²) >= 11 is 1.75. The fourth-order valence-corrected chi connectivity index (χ4v) is 4.02. The minimum Gasteiger partial charge on any atom is -0.293 e. The molecule has 116 valence electrons. The van der Waals surface area contributed by atoms with Crippen LogP contribution in [0.1, 0.15) is 22.4 Å². The van der Waals surface area contributed by atoms with Gasteiger partial charge in [-0.1, -0.05) is 48.0 Å². The lowest BCUT2D eigenvalue weighted by Crippen LogP contribution is -2.30. The van der Waals surface area contributed by atoms with Crippen molar-refractivity contribution in [3.05, 3.63) is 76.3 Å². The number of aromatic nitrogens is 1. The summed E-state index contributed by atoms with van der Waals surface area (Å²) in [5, 5.41) is 3.33. The van der Waals surface area contributed by atoms with Crippen molar-refractivity contribution >= 4 is 11.3 Å². The summed E-state index contributed by atoms with van der Waals surface area (Å²) in [6, 6.07) is 17.4. The Bertz CT molecular complexity index is 822. The van der Waals surface area contributed by atoms with Crippen molar-refractivity contribution in [3.8, 4) is 10.6 Å². The number of rotatable bonds is 3. The summed E-state index contributed by atoms with van der Waals surface area (Å²) < 4.78 is 0. The highest BCUT2D eigenvalue weighted by molar-refractivity contribution is 7.13. The van der Waals surface area contributed by atoms with Crippen LogP contribution in [0.25, 0.3) is 10.6 Å². The topological polar surface area (TPSA) is 16.1 Å². The van der Waals surface area contributed by atoms with Gasteiger partial charge in [-0.25, -0.2) is 4.98 Å². The number of benzene rings is 2. The van der Waals surface area contributed by atoms with Gasteiger partial charge in [-0.05, 0) is 30.5 Å². The molecule has 2 heterocycles. The smallest absolute Gasteiger partial charge is 0.123 e. The number of aryl methyl sites for hydroxylation is 1. The van der Waals surface area contributed by atoms with Gasteiger partial charge in [0, 0.05) is 30.6 Å². The van der Waals surface area contributed by atoms with Crippen LogP contribution in [0.3, 0.4) is 0 Å². The second kappa shape index (κ2) is 6.26. The first kappa shape index (κ1) is 14.6. The van der Waals surface area contributed by atoms with E-state index >= 15 is 0 Å². The Balaban J connectivity index is 1.48. The molecule has 0 fully saturated rings. The fraction of sp³-hybridized carbons (Fsp3) is 0.250. The molecular weight excluding hydrogens is 300 g/mol. The van der Waals surface area contributed by atoms with Gasteiger partial charge in [0.2, 0.25) is 0 Å². The molecule has 0 saturated carbocycles. The van der Waals surface area contributed by atoms with E-state index in [1.165, 1.54) is 27.9 Å². The Morgan fingerprint density at radius 2 is 1.96 bits per heavy atom. The first-order chi connectivity index (χ1) is 11.3. The van der Waals surface area contributed by atoms with Crippen LogP contribution in [0.2, 0.25) is 0 Å². The van der Waals surface area contributed by atoms with E-state index in [9.17, 15) is 0 Å². The molecule has 1 aromatic heterocycles. The van der Waals surface area contributed by atoms with Crippen molar-refractivity contribution in [2.45, 2.75) is 26.4 Å². The number of thiazole rings is 1. The molecule has 0 unspecified atom stereocenters. The van der Waals surface area contributed by atoms with Crippen LogP contribution in [0, 0.1) is 6.92 Å². The molecule has 2 aromatic carbocycles. The molecule has 0 saturated heterocycles. The zero-order valence-electron chi connectivity index (χ0n) is 13.3. The lowest BCUT2D eigenvalue weighted by molar-refractivity contribution is 0.243. The van der Waals surface area contributed by atoms with Gasteiger partial charge in [0.25, 0.3) is 0 Å². The molecule has 0 spiro atoms. The molecule has 23 heavy (non-hydrogen) atoms. The first-order valence-corrected chi connectivity index (χ1v) is 8.96. The minimum atomic E-state index is 0.941. The Morgan fingerprint density at radius 3 is 2.83 bits per heavy atom. The first-order valence-electron chi connectivity index (χ1n) is 8.08. The molecule has 3 aromatic rings. The Hall–Kier alpha value is -1.97. The average Bonchev–Trinajstić information content (AvgIpc) is 3.03. The second-order valence-electron chi connectivity index (χ2n) is 6.24. The van der Waals surface area contributed by atoms with Crippen molar-refractivity contribution < 1.29 is 0 Å². The zero-order valence-corrected chi connectivity index (χ0v) is 14.1.